The van der Waals surface area contributed by atoms with E-state index in [9.17, 15) is 13.2 Å². The Labute approximate surface area is 110 Å². The number of carbonyl (C=O) groups is 1. The van der Waals surface area contributed by atoms with Gasteiger partial charge in [-0.15, -0.1) is 0 Å². The van der Waals surface area contributed by atoms with Gasteiger partial charge >= 0.3 is 5.97 Å². The van der Waals surface area contributed by atoms with Crippen molar-refractivity contribution in [2.45, 2.75) is 52.3 Å². The molecule has 5 nitrogen and oxygen atoms in total. The largest absolute Gasteiger partial charge is 0.481 e. The number of hydrogen-bond acceptors (Lipinski definition) is 4. The molecule has 18 heavy (non-hydrogen) atoms. The van der Waals surface area contributed by atoms with Gasteiger partial charge in [0.15, 0.2) is 9.84 Å². The minimum absolute atomic E-state index is 0.0177. The molecular weight excluding hydrogens is 254 g/mol. The van der Waals surface area contributed by atoms with Crippen LogP contribution < -0.4 is 5.32 Å². The van der Waals surface area contributed by atoms with Gasteiger partial charge < -0.3 is 10.4 Å². The molecule has 0 heterocycles. The Morgan fingerprint density at radius 1 is 1.22 bits per heavy atom. The number of sulfone groups is 1. The van der Waals surface area contributed by atoms with Gasteiger partial charge in [0.1, 0.15) is 0 Å². The SMILES string of the molecule is CC(C)S(=O)(=O)CCNC(C)(C)C(C)(C)C(=O)O. The topological polar surface area (TPSA) is 83.5 Å². The summed E-state index contributed by atoms with van der Waals surface area (Å²) in [5.41, 5.74) is -1.67. The fourth-order valence-corrected chi connectivity index (χ4v) is 2.09. The van der Waals surface area contributed by atoms with E-state index in [0.29, 0.717) is 0 Å². The zero-order valence-electron chi connectivity index (χ0n) is 12.1. The molecule has 0 saturated heterocycles. The molecule has 0 fully saturated rings. The van der Waals surface area contributed by atoms with E-state index in [4.69, 9.17) is 5.11 Å². The third-order valence-electron chi connectivity index (χ3n) is 3.77. The average Bonchev–Trinajstić information content (AvgIpc) is 2.15. The molecule has 2 N–H and O–H groups in total. The van der Waals surface area contributed by atoms with Gasteiger partial charge in [-0.2, -0.15) is 0 Å². The van der Waals surface area contributed by atoms with Gasteiger partial charge in [-0.1, -0.05) is 0 Å². The zero-order valence-corrected chi connectivity index (χ0v) is 12.9. The minimum atomic E-state index is -3.10. The van der Waals surface area contributed by atoms with E-state index in [-0.39, 0.29) is 12.3 Å². The lowest BCUT2D eigenvalue weighted by Crippen LogP contribution is -2.56. The van der Waals surface area contributed by atoms with Gasteiger partial charge in [-0.3, -0.25) is 4.79 Å². The van der Waals surface area contributed by atoms with Crippen LogP contribution in [0.25, 0.3) is 0 Å². The Kier molecular flexibility index (Phi) is 5.38. The maximum absolute atomic E-state index is 11.6. The first-order valence-corrected chi connectivity index (χ1v) is 7.76. The highest BCUT2D eigenvalue weighted by molar-refractivity contribution is 7.92. The zero-order chi connectivity index (χ0) is 14.8. The van der Waals surface area contributed by atoms with Gasteiger partial charge in [0, 0.05) is 12.1 Å². The molecule has 0 bridgehead atoms. The molecule has 0 saturated carbocycles. The lowest BCUT2D eigenvalue weighted by Gasteiger charge is -2.39. The molecule has 0 aromatic heterocycles. The van der Waals surface area contributed by atoms with Crippen molar-refractivity contribution < 1.29 is 18.3 Å². The van der Waals surface area contributed by atoms with E-state index < -0.39 is 32.0 Å². The van der Waals surface area contributed by atoms with Crippen LogP contribution >= 0.6 is 0 Å². The van der Waals surface area contributed by atoms with Crippen molar-refractivity contribution in [3.8, 4) is 0 Å². The summed E-state index contributed by atoms with van der Waals surface area (Å²) in [5.74, 6) is -0.893. The predicted molar refractivity (Wildman–Crippen MR) is 72.4 cm³/mol. The maximum Gasteiger partial charge on any atom is 0.310 e. The van der Waals surface area contributed by atoms with E-state index in [1.165, 1.54) is 0 Å². The summed E-state index contributed by atoms with van der Waals surface area (Å²) >= 11 is 0. The molecule has 0 amide bonds. The second-order valence-corrected chi connectivity index (χ2v) is 8.57. The summed E-state index contributed by atoms with van der Waals surface area (Å²) < 4.78 is 23.3. The number of aliphatic carboxylic acids is 1. The molecule has 0 aromatic carbocycles. The number of rotatable bonds is 7. The molecular formula is C12H25NO4S. The fourth-order valence-electron chi connectivity index (χ4n) is 1.23. The van der Waals surface area contributed by atoms with Crippen LogP contribution in [0, 0.1) is 5.41 Å². The normalized spacial score (nSPS) is 13.9. The highest BCUT2D eigenvalue weighted by Crippen LogP contribution is 2.30. The first kappa shape index (κ1) is 17.4. The minimum Gasteiger partial charge on any atom is -0.481 e. The Bertz CT molecular complexity index is 396. The molecule has 0 unspecified atom stereocenters. The van der Waals surface area contributed by atoms with Crippen LogP contribution in [0.15, 0.2) is 0 Å². The second kappa shape index (κ2) is 5.57. The van der Waals surface area contributed by atoms with Crippen molar-refractivity contribution in [2.75, 3.05) is 12.3 Å². The number of hydrogen-bond donors (Lipinski definition) is 2. The summed E-state index contributed by atoms with van der Waals surface area (Å²) in [5, 5.41) is 11.8. The Hall–Kier alpha value is -0.620. The summed E-state index contributed by atoms with van der Waals surface area (Å²) in [7, 11) is -3.10. The van der Waals surface area contributed by atoms with Gasteiger partial charge in [-0.05, 0) is 41.5 Å². The van der Waals surface area contributed by atoms with E-state index in [0.717, 1.165) is 0 Å². The first-order chi connectivity index (χ1) is 7.84. The van der Waals surface area contributed by atoms with Crippen molar-refractivity contribution in [3.05, 3.63) is 0 Å². The number of carboxylic acids is 1. The van der Waals surface area contributed by atoms with E-state index in [1.54, 1.807) is 41.5 Å². The van der Waals surface area contributed by atoms with Crippen molar-refractivity contribution >= 4 is 15.8 Å². The van der Waals surface area contributed by atoms with Crippen LogP contribution in [0.4, 0.5) is 0 Å². The molecule has 0 aliphatic carbocycles. The predicted octanol–water partition coefficient (Wildman–Crippen LogP) is 1.29. The average molecular weight is 279 g/mol. The summed E-state index contributed by atoms with van der Waals surface area (Å²) in [6.07, 6.45) is 0. The van der Waals surface area contributed by atoms with Gasteiger partial charge in [0.05, 0.1) is 16.4 Å². The molecule has 0 spiro atoms. The third kappa shape index (κ3) is 3.95. The standard InChI is InChI=1S/C12H25NO4S/c1-9(2)18(16,17)8-7-13-12(5,6)11(3,4)10(14)15/h9,13H,7-8H2,1-6H3,(H,14,15). The second-order valence-electron chi connectivity index (χ2n) is 5.90. The lowest BCUT2D eigenvalue weighted by atomic mass is 9.74. The monoisotopic (exact) mass is 279 g/mol. The lowest BCUT2D eigenvalue weighted by molar-refractivity contribution is -0.151. The number of carboxylic acid groups (broad SMARTS) is 1. The van der Waals surface area contributed by atoms with Crippen LogP contribution in [0.2, 0.25) is 0 Å². The molecule has 6 heteroatoms. The molecule has 0 radical (unpaired) electrons. The summed E-state index contributed by atoms with van der Waals surface area (Å²) in [6.45, 7) is 10.3. The van der Waals surface area contributed by atoms with Crippen LogP contribution in [0.3, 0.4) is 0 Å². The molecule has 0 rings (SSSR count). The van der Waals surface area contributed by atoms with Gasteiger partial charge in [-0.25, -0.2) is 8.42 Å². The molecule has 0 aliphatic heterocycles. The van der Waals surface area contributed by atoms with Gasteiger partial charge in [0.25, 0.3) is 0 Å². The van der Waals surface area contributed by atoms with Crippen molar-refractivity contribution in [1.29, 1.82) is 0 Å². The van der Waals surface area contributed by atoms with E-state index in [2.05, 4.69) is 5.32 Å². The maximum atomic E-state index is 11.6. The molecule has 0 aromatic rings. The highest BCUT2D eigenvalue weighted by atomic mass is 32.2. The van der Waals surface area contributed by atoms with Crippen LogP contribution in [0.5, 0.6) is 0 Å². The van der Waals surface area contributed by atoms with Crippen molar-refractivity contribution in [1.82, 2.24) is 5.32 Å². The molecule has 108 valence electrons. The molecule has 0 atom stereocenters. The summed E-state index contributed by atoms with van der Waals surface area (Å²) in [6, 6.07) is 0. The van der Waals surface area contributed by atoms with Crippen molar-refractivity contribution in [3.63, 3.8) is 0 Å². The Morgan fingerprint density at radius 2 is 1.67 bits per heavy atom. The summed E-state index contributed by atoms with van der Waals surface area (Å²) in [4.78, 5) is 11.2. The smallest absolute Gasteiger partial charge is 0.310 e. The quantitative estimate of drug-likeness (QED) is 0.733. The van der Waals surface area contributed by atoms with Crippen LogP contribution in [0.1, 0.15) is 41.5 Å². The van der Waals surface area contributed by atoms with Crippen molar-refractivity contribution in [2.24, 2.45) is 5.41 Å². The first-order valence-electron chi connectivity index (χ1n) is 6.04. The van der Waals surface area contributed by atoms with Crippen LogP contribution in [-0.4, -0.2) is 42.6 Å². The fraction of sp³-hybridized carbons (Fsp3) is 0.917. The number of nitrogens with one attached hydrogen (secondary N) is 1. The Balaban J connectivity index is 4.61. The Morgan fingerprint density at radius 3 is 2.00 bits per heavy atom. The van der Waals surface area contributed by atoms with E-state index in [1.807, 2.05) is 0 Å². The van der Waals surface area contributed by atoms with E-state index >= 15 is 0 Å². The highest BCUT2D eigenvalue weighted by Gasteiger charge is 2.43. The van der Waals surface area contributed by atoms with Crippen LogP contribution in [-0.2, 0) is 14.6 Å². The third-order valence-corrected chi connectivity index (χ3v) is 5.98. The van der Waals surface area contributed by atoms with Gasteiger partial charge in [0.2, 0.25) is 0 Å². The molecule has 0 aliphatic rings.